The van der Waals surface area contributed by atoms with Gasteiger partial charge in [-0.2, -0.15) is 0 Å². The van der Waals surface area contributed by atoms with Crippen molar-refractivity contribution >= 4 is 15.7 Å². The van der Waals surface area contributed by atoms with Crippen LogP contribution >= 0.6 is 0 Å². The van der Waals surface area contributed by atoms with Crippen molar-refractivity contribution in [2.75, 3.05) is 39.5 Å². The highest BCUT2D eigenvalue weighted by Gasteiger charge is 2.25. The average Bonchev–Trinajstić information content (AvgIpc) is 3.00. The van der Waals surface area contributed by atoms with E-state index in [9.17, 15) is 13.2 Å². The van der Waals surface area contributed by atoms with Crippen LogP contribution in [0, 0.1) is 5.92 Å². The maximum Gasteiger partial charge on any atom is 0.222 e. The van der Waals surface area contributed by atoms with E-state index in [-0.39, 0.29) is 10.8 Å². The van der Waals surface area contributed by atoms with Crippen molar-refractivity contribution in [2.24, 2.45) is 5.92 Å². The molecule has 1 aromatic rings. The van der Waals surface area contributed by atoms with Crippen LogP contribution in [0.15, 0.2) is 29.2 Å². The lowest BCUT2D eigenvalue weighted by Crippen LogP contribution is -2.30. The zero-order valence-corrected chi connectivity index (χ0v) is 15.1. The first-order valence-corrected chi connectivity index (χ1v) is 10.1. The predicted molar refractivity (Wildman–Crippen MR) is 92.9 cm³/mol. The molecule has 7 heteroatoms. The maximum atomic E-state index is 12.1. The fourth-order valence-electron chi connectivity index (χ4n) is 2.87. The molecule has 1 amide bonds. The summed E-state index contributed by atoms with van der Waals surface area (Å²) in [6.45, 7) is 3.08. The van der Waals surface area contributed by atoms with Gasteiger partial charge in [0.1, 0.15) is 5.75 Å². The predicted octanol–water partition coefficient (Wildman–Crippen LogP) is 1.32. The molecule has 1 aliphatic heterocycles. The van der Waals surface area contributed by atoms with Crippen molar-refractivity contribution in [1.82, 2.24) is 10.2 Å². The van der Waals surface area contributed by atoms with E-state index >= 15 is 0 Å². The largest absolute Gasteiger partial charge is 0.494 e. The third-order valence-electron chi connectivity index (χ3n) is 4.19. The van der Waals surface area contributed by atoms with E-state index in [1.165, 1.54) is 18.4 Å². The van der Waals surface area contributed by atoms with Gasteiger partial charge in [-0.25, -0.2) is 8.42 Å². The second-order valence-electron chi connectivity index (χ2n) is 6.25. The van der Waals surface area contributed by atoms with Gasteiger partial charge in [-0.3, -0.25) is 4.79 Å². The minimum atomic E-state index is -3.18. The number of carbonyl (C=O) groups is 1. The number of hydrogen-bond acceptors (Lipinski definition) is 5. The summed E-state index contributed by atoms with van der Waals surface area (Å²) in [6.07, 6.45) is 3.37. The summed E-state index contributed by atoms with van der Waals surface area (Å²) >= 11 is 0. The standard InChI is InChI=1S/C17H26N2O4S/c1-18-12-14-9-10-19(13-14)17(20)4-3-11-23-15-5-7-16(8-6-15)24(2,21)22/h5-8,14,18H,3-4,9-13H2,1-2H3. The second-order valence-corrected chi connectivity index (χ2v) is 8.26. The minimum absolute atomic E-state index is 0.185. The summed E-state index contributed by atoms with van der Waals surface area (Å²) in [5.74, 6) is 1.36. The Morgan fingerprint density at radius 2 is 2.04 bits per heavy atom. The lowest BCUT2D eigenvalue weighted by atomic mass is 10.1. The van der Waals surface area contributed by atoms with Crippen LogP contribution in [0.4, 0.5) is 0 Å². The van der Waals surface area contributed by atoms with Crippen LogP contribution in [-0.2, 0) is 14.6 Å². The number of carbonyl (C=O) groups excluding carboxylic acids is 1. The van der Waals surface area contributed by atoms with Crippen molar-refractivity contribution in [3.63, 3.8) is 0 Å². The van der Waals surface area contributed by atoms with Crippen LogP contribution in [0.1, 0.15) is 19.3 Å². The molecular formula is C17H26N2O4S. The van der Waals surface area contributed by atoms with E-state index in [1.807, 2.05) is 11.9 Å². The number of hydrogen-bond donors (Lipinski definition) is 1. The smallest absolute Gasteiger partial charge is 0.222 e. The van der Waals surface area contributed by atoms with Gasteiger partial charge in [-0.15, -0.1) is 0 Å². The second kappa shape index (κ2) is 8.48. The summed E-state index contributed by atoms with van der Waals surface area (Å²) in [6, 6.07) is 6.34. The SMILES string of the molecule is CNCC1CCN(C(=O)CCCOc2ccc(S(C)(=O)=O)cc2)C1. The van der Waals surface area contributed by atoms with E-state index in [0.29, 0.717) is 31.1 Å². The zero-order valence-electron chi connectivity index (χ0n) is 14.3. The Balaban J connectivity index is 1.68. The highest BCUT2D eigenvalue weighted by molar-refractivity contribution is 7.90. The number of likely N-dealkylation sites (tertiary alicyclic amines) is 1. The Morgan fingerprint density at radius 3 is 2.67 bits per heavy atom. The van der Waals surface area contributed by atoms with E-state index in [0.717, 1.165) is 26.1 Å². The Hall–Kier alpha value is -1.60. The van der Waals surface area contributed by atoms with Gasteiger partial charge in [0.15, 0.2) is 9.84 Å². The Labute approximate surface area is 144 Å². The average molecular weight is 354 g/mol. The molecule has 1 aliphatic rings. The van der Waals surface area contributed by atoms with Gasteiger partial charge in [0.25, 0.3) is 0 Å². The van der Waals surface area contributed by atoms with E-state index < -0.39 is 9.84 Å². The molecule has 1 N–H and O–H groups in total. The van der Waals surface area contributed by atoms with Crippen molar-refractivity contribution in [3.05, 3.63) is 24.3 Å². The molecule has 1 aromatic carbocycles. The monoisotopic (exact) mass is 354 g/mol. The van der Waals surface area contributed by atoms with Gasteiger partial charge in [0.2, 0.25) is 5.91 Å². The van der Waals surface area contributed by atoms with Crippen LogP contribution < -0.4 is 10.1 Å². The summed E-state index contributed by atoms with van der Waals surface area (Å²) in [5, 5.41) is 3.16. The third kappa shape index (κ3) is 5.49. The minimum Gasteiger partial charge on any atom is -0.494 e. The van der Waals surface area contributed by atoms with Gasteiger partial charge in [-0.05, 0) is 56.6 Å². The quantitative estimate of drug-likeness (QED) is 0.713. The Morgan fingerprint density at radius 1 is 1.33 bits per heavy atom. The first kappa shape index (κ1) is 18.7. The fourth-order valence-corrected chi connectivity index (χ4v) is 3.50. The molecule has 1 saturated heterocycles. The highest BCUT2D eigenvalue weighted by atomic mass is 32.2. The first-order valence-electron chi connectivity index (χ1n) is 8.25. The molecule has 0 saturated carbocycles. The van der Waals surface area contributed by atoms with Crippen LogP contribution in [0.25, 0.3) is 0 Å². The lowest BCUT2D eigenvalue weighted by Gasteiger charge is -2.16. The molecular weight excluding hydrogens is 328 g/mol. The van der Waals surface area contributed by atoms with E-state index in [1.54, 1.807) is 12.1 Å². The normalized spacial score (nSPS) is 17.9. The van der Waals surface area contributed by atoms with Crippen molar-refractivity contribution in [2.45, 2.75) is 24.2 Å². The number of benzene rings is 1. The van der Waals surface area contributed by atoms with Crippen molar-refractivity contribution in [3.8, 4) is 5.75 Å². The van der Waals surface area contributed by atoms with Gasteiger partial charge in [-0.1, -0.05) is 0 Å². The molecule has 1 atom stereocenters. The summed E-state index contributed by atoms with van der Waals surface area (Å²) in [7, 11) is -1.25. The topological polar surface area (TPSA) is 75.7 Å². The number of nitrogens with one attached hydrogen (secondary N) is 1. The van der Waals surface area contributed by atoms with Crippen LogP contribution in [0.2, 0.25) is 0 Å². The Bertz CT molecular complexity index is 643. The van der Waals surface area contributed by atoms with Gasteiger partial charge >= 0.3 is 0 Å². The highest BCUT2D eigenvalue weighted by Crippen LogP contribution is 2.18. The molecule has 0 bridgehead atoms. The molecule has 24 heavy (non-hydrogen) atoms. The van der Waals surface area contributed by atoms with Crippen LogP contribution in [0.3, 0.4) is 0 Å². The molecule has 0 aliphatic carbocycles. The number of amides is 1. The molecule has 1 fully saturated rings. The fraction of sp³-hybridized carbons (Fsp3) is 0.588. The van der Waals surface area contributed by atoms with E-state index in [2.05, 4.69) is 5.32 Å². The van der Waals surface area contributed by atoms with Gasteiger partial charge < -0.3 is 15.0 Å². The number of rotatable bonds is 8. The molecule has 1 unspecified atom stereocenters. The molecule has 6 nitrogen and oxygen atoms in total. The number of nitrogens with zero attached hydrogens (tertiary/aromatic N) is 1. The zero-order chi connectivity index (χ0) is 17.6. The molecule has 1 heterocycles. The molecule has 2 rings (SSSR count). The van der Waals surface area contributed by atoms with Crippen molar-refractivity contribution < 1.29 is 17.9 Å². The summed E-state index contributed by atoms with van der Waals surface area (Å²) in [4.78, 5) is 14.4. The maximum absolute atomic E-state index is 12.1. The summed E-state index contributed by atoms with van der Waals surface area (Å²) < 4.78 is 28.3. The molecule has 0 spiro atoms. The van der Waals surface area contributed by atoms with E-state index in [4.69, 9.17) is 4.74 Å². The van der Waals surface area contributed by atoms with Crippen molar-refractivity contribution in [1.29, 1.82) is 0 Å². The molecule has 0 aromatic heterocycles. The first-order chi connectivity index (χ1) is 11.4. The number of ether oxygens (including phenoxy) is 1. The van der Waals surface area contributed by atoms with Gasteiger partial charge in [0, 0.05) is 25.8 Å². The van der Waals surface area contributed by atoms with Crippen LogP contribution in [0.5, 0.6) is 5.75 Å². The lowest BCUT2D eigenvalue weighted by molar-refractivity contribution is -0.130. The number of sulfone groups is 1. The third-order valence-corrected chi connectivity index (χ3v) is 5.32. The summed E-state index contributed by atoms with van der Waals surface area (Å²) in [5.41, 5.74) is 0. The van der Waals surface area contributed by atoms with Crippen LogP contribution in [-0.4, -0.2) is 58.8 Å². The van der Waals surface area contributed by atoms with Gasteiger partial charge in [0.05, 0.1) is 11.5 Å². The Kier molecular flexibility index (Phi) is 6.62. The molecule has 0 radical (unpaired) electrons. The molecule has 134 valence electrons.